The van der Waals surface area contributed by atoms with Gasteiger partial charge >= 0.3 is 6.03 Å². The highest BCUT2D eigenvalue weighted by Crippen LogP contribution is 2.35. The molecule has 2 aromatic rings. The average Bonchev–Trinajstić information content (AvgIpc) is 2.62. The highest BCUT2D eigenvalue weighted by molar-refractivity contribution is 9.10. The van der Waals surface area contributed by atoms with Gasteiger partial charge in [0.25, 0.3) is 5.91 Å². The van der Waals surface area contributed by atoms with Crippen LogP contribution in [0.4, 0.5) is 10.5 Å². The Morgan fingerprint density at radius 2 is 1.78 bits per heavy atom. The molecular weight excluding hydrogens is 478 g/mol. The van der Waals surface area contributed by atoms with Crippen LogP contribution in [0.5, 0.6) is 5.75 Å². The van der Waals surface area contributed by atoms with Gasteiger partial charge in [-0.1, -0.05) is 31.9 Å². The lowest BCUT2D eigenvalue weighted by Gasteiger charge is -2.29. The van der Waals surface area contributed by atoms with E-state index in [0.717, 1.165) is 8.95 Å². The van der Waals surface area contributed by atoms with E-state index in [1.165, 1.54) is 0 Å². The largest absolute Gasteiger partial charge is 0.496 e. The third-order valence-electron chi connectivity index (χ3n) is 4.12. The van der Waals surface area contributed by atoms with E-state index < -0.39 is 6.04 Å². The summed E-state index contributed by atoms with van der Waals surface area (Å²) in [6, 6.07) is 11.7. The molecule has 1 aliphatic heterocycles. The molecule has 1 heterocycles. The number of allylic oxidation sites excluding steroid dienone is 1. The van der Waals surface area contributed by atoms with Crippen LogP contribution < -0.4 is 20.7 Å². The van der Waals surface area contributed by atoms with Gasteiger partial charge in [-0.25, -0.2) is 4.79 Å². The third kappa shape index (κ3) is 4.33. The fourth-order valence-corrected chi connectivity index (χ4v) is 3.53. The lowest BCUT2D eigenvalue weighted by Crippen LogP contribution is -2.46. The Hall–Kier alpha value is -2.32. The maximum Gasteiger partial charge on any atom is 0.319 e. The van der Waals surface area contributed by atoms with Gasteiger partial charge in [0.15, 0.2) is 0 Å². The number of nitrogens with one attached hydrogen (secondary N) is 3. The van der Waals surface area contributed by atoms with E-state index in [9.17, 15) is 9.59 Å². The molecule has 3 amide bonds. The molecule has 27 heavy (non-hydrogen) atoms. The summed E-state index contributed by atoms with van der Waals surface area (Å²) in [7, 11) is 1.55. The first-order valence-electron chi connectivity index (χ1n) is 8.07. The second kappa shape index (κ2) is 8.14. The van der Waals surface area contributed by atoms with Gasteiger partial charge in [0, 0.05) is 25.9 Å². The Morgan fingerprint density at radius 1 is 1.11 bits per heavy atom. The Balaban J connectivity index is 2.00. The second-order valence-corrected chi connectivity index (χ2v) is 7.75. The summed E-state index contributed by atoms with van der Waals surface area (Å²) in [5.74, 6) is 0.265. The Labute approximate surface area is 173 Å². The molecule has 0 radical (unpaired) electrons. The van der Waals surface area contributed by atoms with Crippen LogP contribution >= 0.6 is 31.9 Å². The van der Waals surface area contributed by atoms with E-state index in [0.29, 0.717) is 28.3 Å². The third-order valence-corrected chi connectivity index (χ3v) is 5.14. The van der Waals surface area contributed by atoms with Gasteiger partial charge in [0.1, 0.15) is 5.75 Å². The molecule has 0 bridgehead atoms. The summed E-state index contributed by atoms with van der Waals surface area (Å²) >= 11 is 6.80. The van der Waals surface area contributed by atoms with Crippen molar-refractivity contribution in [2.45, 2.75) is 13.0 Å². The van der Waals surface area contributed by atoms with Gasteiger partial charge < -0.3 is 20.7 Å². The first-order chi connectivity index (χ1) is 12.9. The number of hydrogen-bond donors (Lipinski definition) is 3. The molecule has 140 valence electrons. The summed E-state index contributed by atoms with van der Waals surface area (Å²) in [6.45, 7) is 1.70. The highest BCUT2D eigenvalue weighted by atomic mass is 79.9. The van der Waals surface area contributed by atoms with Gasteiger partial charge in [-0.05, 0) is 49.4 Å². The standard InChI is InChI=1S/C19H17Br2N3O3/c1-10-16(18(25)23-13-6-3-11(20)4-7-13)17(24-19(26)22-10)14-9-12(21)5-8-15(14)27-2/h3-9,17H,1-2H3,(H,23,25)(H2,22,24,26). The number of halogens is 2. The molecule has 1 unspecified atom stereocenters. The molecule has 1 atom stereocenters. The summed E-state index contributed by atoms with van der Waals surface area (Å²) < 4.78 is 7.16. The minimum absolute atomic E-state index is 0.311. The number of ether oxygens (including phenoxy) is 1. The van der Waals surface area contributed by atoms with Crippen LogP contribution in [0.15, 0.2) is 62.7 Å². The summed E-state index contributed by atoms with van der Waals surface area (Å²) in [5.41, 5.74) is 2.23. The van der Waals surface area contributed by atoms with E-state index in [-0.39, 0.29) is 11.9 Å². The van der Waals surface area contributed by atoms with Crippen LogP contribution in [-0.4, -0.2) is 19.0 Å². The number of urea groups is 1. The lowest BCUT2D eigenvalue weighted by molar-refractivity contribution is -0.113. The van der Waals surface area contributed by atoms with Crippen LogP contribution in [0.3, 0.4) is 0 Å². The molecule has 0 fully saturated rings. The van der Waals surface area contributed by atoms with Crippen molar-refractivity contribution in [3.8, 4) is 5.75 Å². The Bertz CT molecular complexity index is 926. The molecule has 1 aliphatic rings. The number of anilines is 1. The topological polar surface area (TPSA) is 79.5 Å². The molecule has 6 nitrogen and oxygen atoms in total. The fraction of sp³-hybridized carbons (Fsp3) is 0.158. The monoisotopic (exact) mass is 493 g/mol. The van der Waals surface area contributed by atoms with Gasteiger partial charge in [-0.3, -0.25) is 4.79 Å². The molecule has 0 aromatic heterocycles. The number of rotatable bonds is 4. The zero-order chi connectivity index (χ0) is 19.6. The summed E-state index contributed by atoms with van der Waals surface area (Å²) in [6.07, 6.45) is 0. The highest BCUT2D eigenvalue weighted by Gasteiger charge is 2.33. The molecular formula is C19H17Br2N3O3. The SMILES string of the molecule is COc1ccc(Br)cc1C1NC(=O)NC(C)=C1C(=O)Nc1ccc(Br)cc1. The maximum atomic E-state index is 13.0. The molecule has 2 aromatic carbocycles. The number of hydrogen-bond acceptors (Lipinski definition) is 3. The zero-order valence-corrected chi connectivity index (χ0v) is 17.8. The minimum Gasteiger partial charge on any atom is -0.496 e. The molecule has 3 rings (SSSR count). The smallest absolute Gasteiger partial charge is 0.319 e. The molecule has 0 aliphatic carbocycles. The van der Waals surface area contributed by atoms with Crippen LogP contribution in [0.1, 0.15) is 18.5 Å². The van der Waals surface area contributed by atoms with Crippen molar-refractivity contribution in [1.82, 2.24) is 10.6 Å². The van der Waals surface area contributed by atoms with Crippen LogP contribution in [0.2, 0.25) is 0 Å². The van der Waals surface area contributed by atoms with Crippen molar-refractivity contribution in [1.29, 1.82) is 0 Å². The van der Waals surface area contributed by atoms with Crippen LogP contribution in [0, 0.1) is 0 Å². The van der Waals surface area contributed by atoms with Crippen LogP contribution in [-0.2, 0) is 4.79 Å². The van der Waals surface area contributed by atoms with E-state index in [4.69, 9.17) is 4.74 Å². The van der Waals surface area contributed by atoms with Crippen molar-refractivity contribution in [3.05, 3.63) is 68.2 Å². The van der Waals surface area contributed by atoms with Crippen molar-refractivity contribution >= 4 is 49.5 Å². The Morgan fingerprint density at radius 3 is 2.44 bits per heavy atom. The predicted molar refractivity (Wildman–Crippen MR) is 111 cm³/mol. The van der Waals surface area contributed by atoms with Crippen molar-refractivity contribution in [3.63, 3.8) is 0 Å². The van der Waals surface area contributed by atoms with Gasteiger partial charge in [0.2, 0.25) is 0 Å². The molecule has 3 N–H and O–H groups in total. The van der Waals surface area contributed by atoms with Gasteiger partial charge in [0.05, 0.1) is 18.7 Å². The van der Waals surface area contributed by atoms with E-state index >= 15 is 0 Å². The van der Waals surface area contributed by atoms with Crippen LogP contribution in [0.25, 0.3) is 0 Å². The maximum absolute atomic E-state index is 13.0. The first-order valence-corrected chi connectivity index (χ1v) is 9.66. The number of benzene rings is 2. The quantitative estimate of drug-likeness (QED) is 0.586. The van der Waals surface area contributed by atoms with Crippen molar-refractivity contribution in [2.75, 3.05) is 12.4 Å². The van der Waals surface area contributed by atoms with E-state index in [2.05, 4.69) is 47.8 Å². The van der Waals surface area contributed by atoms with Gasteiger partial charge in [-0.15, -0.1) is 0 Å². The minimum atomic E-state index is -0.651. The normalized spacial score (nSPS) is 16.4. The van der Waals surface area contributed by atoms with Crippen molar-refractivity contribution in [2.24, 2.45) is 0 Å². The zero-order valence-electron chi connectivity index (χ0n) is 14.6. The Kier molecular flexibility index (Phi) is 5.86. The molecule has 8 heteroatoms. The first kappa shape index (κ1) is 19.4. The number of carbonyl (C=O) groups excluding carboxylic acids is 2. The van der Waals surface area contributed by atoms with Gasteiger partial charge in [-0.2, -0.15) is 0 Å². The summed E-state index contributed by atoms with van der Waals surface area (Å²) in [4.78, 5) is 25.1. The molecule has 0 saturated carbocycles. The predicted octanol–water partition coefficient (Wildman–Crippen LogP) is 4.49. The number of amides is 3. The molecule has 0 spiro atoms. The number of methoxy groups -OCH3 is 1. The van der Waals surface area contributed by atoms with Crippen molar-refractivity contribution < 1.29 is 14.3 Å². The number of carbonyl (C=O) groups is 2. The average molecular weight is 495 g/mol. The lowest BCUT2D eigenvalue weighted by atomic mass is 9.94. The van der Waals surface area contributed by atoms with E-state index in [1.807, 2.05) is 24.3 Å². The summed E-state index contributed by atoms with van der Waals surface area (Å²) in [5, 5.41) is 8.35. The second-order valence-electron chi connectivity index (χ2n) is 5.92. The van der Waals surface area contributed by atoms with E-state index in [1.54, 1.807) is 32.2 Å². The fourth-order valence-electron chi connectivity index (χ4n) is 2.89. The molecule has 0 saturated heterocycles.